The van der Waals surface area contributed by atoms with Gasteiger partial charge in [-0.05, 0) is 64.8 Å². The van der Waals surface area contributed by atoms with Crippen LogP contribution in [0.2, 0.25) is 0 Å². The normalized spacial score (nSPS) is 24.0. The molecule has 12 nitrogen and oxygen atoms in total. The van der Waals surface area contributed by atoms with Gasteiger partial charge < -0.3 is 26.6 Å². The van der Waals surface area contributed by atoms with Gasteiger partial charge in [-0.3, -0.25) is 0 Å². The average Bonchev–Trinajstić information content (AvgIpc) is 3.54. The van der Waals surface area contributed by atoms with E-state index in [4.69, 9.17) is 5.73 Å². The Morgan fingerprint density at radius 3 is 2.57 bits per heavy atom. The summed E-state index contributed by atoms with van der Waals surface area (Å²) in [4.78, 5) is 15.0. The first-order valence-electron chi connectivity index (χ1n) is 15.1. The Kier molecular flexibility index (Phi) is 8.97. The lowest BCUT2D eigenvalue weighted by Gasteiger charge is -2.36. The van der Waals surface area contributed by atoms with Crippen molar-refractivity contribution in [2.24, 2.45) is 5.73 Å². The minimum atomic E-state index is -4.55. The highest BCUT2D eigenvalue weighted by atomic mass is 32.2. The highest BCUT2D eigenvalue weighted by Gasteiger charge is 2.39. The molecule has 46 heavy (non-hydrogen) atoms. The zero-order chi connectivity index (χ0) is 32.7. The molecule has 0 bridgehead atoms. The first-order valence-corrected chi connectivity index (χ1v) is 17.5. The van der Waals surface area contributed by atoms with Crippen molar-refractivity contribution in [3.05, 3.63) is 64.4 Å². The standard InChI is InChI=1S/C29H37F3N10O2S2/c1-41(2)12-11-34-19-3-5-20(6-4-19)38-23-13-28(33,36-15-22(23)24-17-45-27(39-24)29(30,31)32)25-9-10-35-26(40-25)18-14-37-42(16-18)46(43,44)21-7-8-21/h9-10,13-17,19-21,34,36,38H,3-8,11-12,33H2,1-2H3. The zero-order valence-electron chi connectivity index (χ0n) is 25.5. The van der Waals surface area contributed by atoms with E-state index in [0.29, 0.717) is 52.7 Å². The molecule has 0 saturated heterocycles. The van der Waals surface area contributed by atoms with Crippen LogP contribution < -0.4 is 21.7 Å². The monoisotopic (exact) mass is 678 g/mol. The third-order valence-electron chi connectivity index (χ3n) is 8.32. The molecule has 2 fully saturated rings. The Morgan fingerprint density at radius 1 is 1.15 bits per heavy atom. The van der Waals surface area contributed by atoms with Crippen LogP contribution in [0.1, 0.15) is 54.9 Å². The molecule has 0 aromatic carbocycles. The van der Waals surface area contributed by atoms with Crippen LogP contribution in [0.15, 0.2) is 48.0 Å². The molecule has 6 rings (SSSR count). The largest absolute Gasteiger partial charge is 0.443 e. The quantitative estimate of drug-likeness (QED) is 0.237. The van der Waals surface area contributed by atoms with Gasteiger partial charge in [0.25, 0.3) is 10.0 Å². The SMILES string of the molecule is CN(C)CCNC1CCC(NC2=CC(N)(c3ccnc(-c4cnn(S(=O)(=O)C5CC5)c4)n3)NC=C2c2csc(C(F)(F)F)n2)CC1. The summed E-state index contributed by atoms with van der Waals surface area (Å²) < 4.78 is 66.5. The van der Waals surface area contributed by atoms with Crippen LogP contribution in [-0.2, 0) is 21.9 Å². The lowest BCUT2D eigenvalue weighted by molar-refractivity contribution is -0.137. The maximum absolute atomic E-state index is 13.4. The fraction of sp³-hybridized carbons (Fsp3) is 0.517. The Morgan fingerprint density at radius 2 is 1.89 bits per heavy atom. The van der Waals surface area contributed by atoms with Crippen molar-refractivity contribution in [2.45, 2.75) is 67.7 Å². The first-order chi connectivity index (χ1) is 21.8. The summed E-state index contributed by atoms with van der Waals surface area (Å²) >= 11 is 0.539. The topological polar surface area (TPSA) is 156 Å². The summed E-state index contributed by atoms with van der Waals surface area (Å²) in [6.45, 7) is 1.85. The molecule has 0 radical (unpaired) electrons. The molecular formula is C29H37F3N10O2S2. The molecule has 1 unspecified atom stereocenters. The fourth-order valence-corrected chi connectivity index (χ4v) is 7.75. The van der Waals surface area contributed by atoms with E-state index in [0.717, 1.165) is 42.9 Å². The molecule has 17 heteroatoms. The number of nitrogens with zero attached hydrogens (tertiary/aromatic N) is 6. The van der Waals surface area contributed by atoms with Gasteiger partial charge in [-0.25, -0.2) is 23.4 Å². The second-order valence-corrected chi connectivity index (χ2v) is 15.2. The summed E-state index contributed by atoms with van der Waals surface area (Å²) in [7, 11) is 0.513. The van der Waals surface area contributed by atoms with Crippen molar-refractivity contribution in [1.82, 2.24) is 45.0 Å². The summed E-state index contributed by atoms with van der Waals surface area (Å²) in [5.41, 5.74) is 7.46. The molecule has 0 spiro atoms. The Hall–Kier alpha value is -3.38. The molecule has 4 heterocycles. The molecule has 2 saturated carbocycles. The molecule has 248 valence electrons. The Balaban J connectivity index is 1.25. The van der Waals surface area contributed by atoms with Crippen LogP contribution in [0.4, 0.5) is 13.2 Å². The van der Waals surface area contributed by atoms with Crippen LogP contribution in [-0.4, -0.2) is 82.0 Å². The van der Waals surface area contributed by atoms with Gasteiger partial charge in [-0.1, -0.05) is 0 Å². The van der Waals surface area contributed by atoms with Crippen LogP contribution in [0.3, 0.4) is 0 Å². The lowest BCUT2D eigenvalue weighted by atomic mass is 9.89. The number of nitrogens with two attached hydrogens (primary N) is 1. The van der Waals surface area contributed by atoms with Gasteiger partial charge in [-0.2, -0.15) is 22.4 Å². The Bertz CT molecular complexity index is 1720. The molecule has 5 N–H and O–H groups in total. The zero-order valence-corrected chi connectivity index (χ0v) is 27.1. The second-order valence-electron chi connectivity index (χ2n) is 12.2. The predicted octanol–water partition coefficient (Wildman–Crippen LogP) is 2.85. The van der Waals surface area contributed by atoms with E-state index in [1.54, 1.807) is 18.3 Å². The van der Waals surface area contributed by atoms with Gasteiger partial charge in [0.15, 0.2) is 16.5 Å². The number of hydrogen-bond donors (Lipinski definition) is 4. The van der Waals surface area contributed by atoms with Crippen molar-refractivity contribution < 1.29 is 21.6 Å². The van der Waals surface area contributed by atoms with E-state index in [2.05, 4.69) is 40.9 Å². The minimum absolute atomic E-state index is 0.0739. The van der Waals surface area contributed by atoms with Crippen molar-refractivity contribution in [3.63, 3.8) is 0 Å². The highest BCUT2D eigenvalue weighted by Crippen LogP contribution is 2.37. The van der Waals surface area contributed by atoms with E-state index >= 15 is 0 Å². The van der Waals surface area contributed by atoms with E-state index in [9.17, 15) is 21.6 Å². The van der Waals surface area contributed by atoms with E-state index in [1.807, 2.05) is 14.1 Å². The maximum atomic E-state index is 13.4. The molecule has 1 aliphatic heterocycles. The number of likely N-dealkylation sites (N-methyl/N-ethyl adjacent to an activating group) is 1. The fourth-order valence-electron chi connectivity index (χ4n) is 5.58. The van der Waals surface area contributed by atoms with Crippen LogP contribution in [0.25, 0.3) is 17.0 Å². The van der Waals surface area contributed by atoms with Crippen molar-refractivity contribution in [3.8, 4) is 11.4 Å². The molecular weight excluding hydrogens is 642 g/mol. The Labute approximate surface area is 269 Å². The summed E-state index contributed by atoms with van der Waals surface area (Å²) in [6.07, 6.45) is 7.88. The summed E-state index contributed by atoms with van der Waals surface area (Å²) in [6, 6.07) is 2.11. The molecule has 3 aromatic heterocycles. The van der Waals surface area contributed by atoms with Gasteiger partial charge in [0.2, 0.25) is 0 Å². The number of allylic oxidation sites excluding steroid dienone is 1. The van der Waals surface area contributed by atoms with Crippen LogP contribution in [0, 0.1) is 0 Å². The summed E-state index contributed by atoms with van der Waals surface area (Å²) in [5.74, 6) is 0.230. The van der Waals surface area contributed by atoms with Gasteiger partial charge in [-0.15, -0.1) is 11.3 Å². The number of nitrogens with one attached hydrogen (secondary N) is 3. The minimum Gasteiger partial charge on any atom is -0.382 e. The van der Waals surface area contributed by atoms with E-state index < -0.39 is 32.1 Å². The number of thiazole rings is 1. The van der Waals surface area contributed by atoms with E-state index in [-0.39, 0.29) is 17.6 Å². The molecule has 2 aliphatic carbocycles. The molecule has 3 aromatic rings. The van der Waals surface area contributed by atoms with Crippen LogP contribution >= 0.6 is 11.3 Å². The van der Waals surface area contributed by atoms with E-state index in [1.165, 1.54) is 24.0 Å². The summed E-state index contributed by atoms with van der Waals surface area (Å²) in [5, 5.41) is 14.3. The van der Waals surface area contributed by atoms with Crippen molar-refractivity contribution >= 4 is 26.9 Å². The third kappa shape index (κ3) is 7.12. The predicted molar refractivity (Wildman–Crippen MR) is 169 cm³/mol. The number of halogens is 3. The lowest BCUT2D eigenvalue weighted by Crippen LogP contribution is -2.50. The maximum Gasteiger partial charge on any atom is 0.443 e. The van der Waals surface area contributed by atoms with Gasteiger partial charge in [0.1, 0.15) is 0 Å². The number of rotatable bonds is 11. The number of dihydropyridines is 1. The third-order valence-corrected chi connectivity index (χ3v) is 11.2. The molecule has 0 amide bonds. The average molecular weight is 679 g/mol. The highest BCUT2D eigenvalue weighted by molar-refractivity contribution is 7.90. The van der Waals surface area contributed by atoms with Gasteiger partial charge in [0, 0.05) is 54.2 Å². The van der Waals surface area contributed by atoms with Crippen LogP contribution in [0.5, 0.6) is 0 Å². The van der Waals surface area contributed by atoms with Crippen molar-refractivity contribution in [2.75, 3.05) is 27.2 Å². The first kappa shape index (κ1) is 32.6. The van der Waals surface area contributed by atoms with Gasteiger partial charge >= 0.3 is 6.18 Å². The van der Waals surface area contributed by atoms with Crippen molar-refractivity contribution in [1.29, 1.82) is 0 Å². The molecule has 1 atom stereocenters. The molecule has 3 aliphatic rings. The second kappa shape index (κ2) is 12.7. The smallest absolute Gasteiger partial charge is 0.382 e. The number of aromatic nitrogens is 5. The van der Waals surface area contributed by atoms with Gasteiger partial charge in [0.05, 0.1) is 34.6 Å². The number of alkyl halides is 3. The number of hydrogen-bond acceptors (Lipinski definition) is 12.